The highest BCUT2D eigenvalue weighted by Crippen LogP contribution is 2.21. The van der Waals surface area contributed by atoms with Crippen LogP contribution in [0.25, 0.3) is 10.9 Å². The molecule has 4 rings (SSSR count). The van der Waals surface area contributed by atoms with Crippen LogP contribution in [0, 0.1) is 0 Å². The minimum atomic E-state index is -3.66. The molecule has 2 aromatic heterocycles. The number of sulfonamides is 1. The highest BCUT2D eigenvalue weighted by Gasteiger charge is 2.15. The molecule has 0 unspecified atom stereocenters. The Bertz CT molecular complexity index is 1150. The zero-order chi connectivity index (χ0) is 18.0. The van der Waals surface area contributed by atoms with Crippen molar-refractivity contribution in [2.75, 3.05) is 10.0 Å². The topological polar surface area (TPSA) is 96.9 Å². The van der Waals surface area contributed by atoms with Gasteiger partial charge in [0.25, 0.3) is 10.0 Å². The van der Waals surface area contributed by atoms with E-state index in [1.165, 1.54) is 23.5 Å². The quantitative estimate of drug-likeness (QED) is 0.506. The maximum atomic E-state index is 12.3. The molecule has 10 heteroatoms. The van der Waals surface area contributed by atoms with Crippen LogP contribution in [0.4, 0.5) is 16.8 Å². The number of fused-ring (bicyclic) bond motifs is 1. The fourth-order valence-corrected chi connectivity index (χ4v) is 4.12. The average Bonchev–Trinajstić information content (AvgIpc) is 3.14. The summed E-state index contributed by atoms with van der Waals surface area (Å²) >= 11 is 1.22. The molecule has 2 heterocycles. The van der Waals surface area contributed by atoms with Gasteiger partial charge in [-0.2, -0.15) is 0 Å². The van der Waals surface area contributed by atoms with Gasteiger partial charge in [0.1, 0.15) is 0 Å². The molecular formula is C17H14ClN5O2S2. The second-order valence-corrected chi connectivity index (χ2v) is 7.92. The number of benzene rings is 2. The standard InChI is InChI=1S/C17H13N5O2S2.ClH/c23-26(24,22-17-18-9-10-25-17)14-7-5-13(6-8-14)20-16-19-11-12-3-1-2-4-15(12)21-16;/h1-11H,(H,18,22)(H,19,20,21);1H. The predicted octanol–water partition coefficient (Wildman–Crippen LogP) is 4.05. The Morgan fingerprint density at radius 1 is 0.963 bits per heavy atom. The van der Waals surface area contributed by atoms with Crippen LogP contribution in [-0.2, 0) is 10.0 Å². The smallest absolute Gasteiger partial charge is 0.263 e. The van der Waals surface area contributed by atoms with Crippen molar-refractivity contribution in [1.29, 1.82) is 0 Å². The lowest BCUT2D eigenvalue weighted by atomic mass is 10.2. The van der Waals surface area contributed by atoms with E-state index in [-0.39, 0.29) is 17.3 Å². The van der Waals surface area contributed by atoms with Gasteiger partial charge < -0.3 is 5.32 Å². The van der Waals surface area contributed by atoms with Crippen LogP contribution in [-0.4, -0.2) is 23.4 Å². The van der Waals surface area contributed by atoms with E-state index in [9.17, 15) is 8.42 Å². The van der Waals surface area contributed by atoms with Gasteiger partial charge in [0, 0.05) is 28.8 Å². The third-order valence-electron chi connectivity index (χ3n) is 3.56. The van der Waals surface area contributed by atoms with E-state index >= 15 is 0 Å². The van der Waals surface area contributed by atoms with E-state index in [2.05, 4.69) is 25.0 Å². The molecule has 0 saturated carbocycles. The van der Waals surface area contributed by atoms with Crippen molar-refractivity contribution in [3.05, 3.63) is 66.3 Å². The van der Waals surface area contributed by atoms with Gasteiger partial charge >= 0.3 is 0 Å². The number of halogens is 1. The second kappa shape index (κ2) is 7.87. The van der Waals surface area contributed by atoms with Crippen molar-refractivity contribution in [3.8, 4) is 0 Å². The van der Waals surface area contributed by atoms with Gasteiger partial charge in [-0.05, 0) is 30.3 Å². The molecule has 0 amide bonds. The molecule has 7 nitrogen and oxygen atoms in total. The van der Waals surface area contributed by atoms with Gasteiger partial charge in [0.15, 0.2) is 5.13 Å². The van der Waals surface area contributed by atoms with E-state index in [1.54, 1.807) is 29.9 Å². The van der Waals surface area contributed by atoms with Crippen LogP contribution in [0.5, 0.6) is 0 Å². The molecule has 4 aromatic rings. The summed E-state index contributed by atoms with van der Waals surface area (Å²) in [6, 6.07) is 14.0. The minimum absolute atomic E-state index is 0. The SMILES string of the molecule is Cl.O=S(=O)(Nc1nccs1)c1ccc(Nc2ncc3ccccc3n2)cc1. The third-order valence-corrected chi connectivity index (χ3v) is 5.74. The normalized spacial score (nSPS) is 11.0. The Morgan fingerprint density at radius 3 is 2.48 bits per heavy atom. The van der Waals surface area contributed by atoms with E-state index in [4.69, 9.17) is 0 Å². The minimum Gasteiger partial charge on any atom is -0.324 e. The number of nitrogens with zero attached hydrogens (tertiary/aromatic N) is 3. The molecule has 0 aliphatic rings. The number of hydrogen-bond acceptors (Lipinski definition) is 7. The predicted molar refractivity (Wildman–Crippen MR) is 109 cm³/mol. The highest BCUT2D eigenvalue weighted by atomic mass is 35.5. The molecule has 0 atom stereocenters. The van der Waals surface area contributed by atoms with Crippen molar-refractivity contribution in [2.24, 2.45) is 0 Å². The van der Waals surface area contributed by atoms with Gasteiger partial charge in [0.2, 0.25) is 5.95 Å². The molecule has 0 fully saturated rings. The number of thiazole rings is 1. The number of rotatable bonds is 5. The van der Waals surface area contributed by atoms with E-state index in [1.807, 2.05) is 24.3 Å². The van der Waals surface area contributed by atoms with Gasteiger partial charge in [0.05, 0.1) is 10.4 Å². The van der Waals surface area contributed by atoms with E-state index in [0.29, 0.717) is 16.8 Å². The summed E-state index contributed by atoms with van der Waals surface area (Å²) in [4.78, 5) is 12.8. The molecule has 0 saturated heterocycles. The molecule has 27 heavy (non-hydrogen) atoms. The van der Waals surface area contributed by atoms with Crippen LogP contribution in [0.2, 0.25) is 0 Å². The van der Waals surface area contributed by atoms with Gasteiger partial charge in [-0.25, -0.2) is 23.4 Å². The van der Waals surface area contributed by atoms with Crippen LogP contribution in [0.15, 0.2) is 71.2 Å². The molecule has 0 aliphatic heterocycles. The van der Waals surface area contributed by atoms with Crippen molar-refractivity contribution in [1.82, 2.24) is 15.0 Å². The Balaban J connectivity index is 0.00000210. The first-order valence-corrected chi connectivity index (χ1v) is 9.98. The molecule has 0 radical (unpaired) electrons. The number of nitrogens with one attached hydrogen (secondary N) is 2. The number of hydrogen-bond donors (Lipinski definition) is 2. The van der Waals surface area contributed by atoms with E-state index < -0.39 is 10.0 Å². The Labute approximate surface area is 166 Å². The summed E-state index contributed by atoms with van der Waals surface area (Å²) in [7, 11) is -3.66. The summed E-state index contributed by atoms with van der Waals surface area (Å²) in [5, 5.41) is 6.06. The number of aromatic nitrogens is 3. The Hall–Kier alpha value is -2.75. The van der Waals surface area contributed by atoms with Crippen molar-refractivity contribution in [2.45, 2.75) is 4.90 Å². The maximum absolute atomic E-state index is 12.3. The van der Waals surface area contributed by atoms with Crippen molar-refractivity contribution in [3.63, 3.8) is 0 Å². The lowest BCUT2D eigenvalue weighted by molar-refractivity contribution is 0.601. The lowest BCUT2D eigenvalue weighted by Crippen LogP contribution is -2.12. The lowest BCUT2D eigenvalue weighted by Gasteiger charge is -2.08. The third kappa shape index (κ3) is 4.33. The van der Waals surface area contributed by atoms with Crippen LogP contribution in [0.3, 0.4) is 0 Å². The van der Waals surface area contributed by atoms with Crippen LogP contribution in [0.1, 0.15) is 0 Å². The largest absolute Gasteiger partial charge is 0.324 e. The highest BCUT2D eigenvalue weighted by molar-refractivity contribution is 7.93. The summed E-state index contributed by atoms with van der Waals surface area (Å²) < 4.78 is 27.1. The average molecular weight is 420 g/mol. The zero-order valence-electron chi connectivity index (χ0n) is 13.7. The number of para-hydroxylation sites is 1. The van der Waals surface area contributed by atoms with E-state index in [0.717, 1.165) is 10.9 Å². The molecule has 0 bridgehead atoms. The van der Waals surface area contributed by atoms with Gasteiger partial charge in [-0.3, -0.25) is 4.72 Å². The summed E-state index contributed by atoms with van der Waals surface area (Å²) in [6.07, 6.45) is 3.28. The Kier molecular flexibility index (Phi) is 5.54. The fraction of sp³-hybridized carbons (Fsp3) is 0. The molecular weight excluding hydrogens is 406 g/mol. The summed E-state index contributed by atoms with van der Waals surface area (Å²) in [6.45, 7) is 0. The monoisotopic (exact) mass is 419 g/mol. The van der Waals surface area contributed by atoms with Crippen molar-refractivity contribution >= 4 is 61.4 Å². The van der Waals surface area contributed by atoms with Gasteiger partial charge in [-0.15, -0.1) is 23.7 Å². The fourth-order valence-electron chi connectivity index (χ4n) is 2.33. The number of anilines is 3. The molecule has 138 valence electrons. The van der Waals surface area contributed by atoms with Crippen LogP contribution >= 0.6 is 23.7 Å². The van der Waals surface area contributed by atoms with Crippen LogP contribution < -0.4 is 10.0 Å². The molecule has 0 aliphatic carbocycles. The first kappa shape index (κ1) is 19.0. The second-order valence-electron chi connectivity index (χ2n) is 5.34. The van der Waals surface area contributed by atoms with Gasteiger partial charge in [-0.1, -0.05) is 18.2 Å². The summed E-state index contributed by atoms with van der Waals surface area (Å²) in [5.41, 5.74) is 1.52. The maximum Gasteiger partial charge on any atom is 0.263 e. The molecule has 0 spiro atoms. The van der Waals surface area contributed by atoms with Crippen molar-refractivity contribution < 1.29 is 8.42 Å². The Morgan fingerprint density at radius 2 is 1.74 bits per heavy atom. The molecule has 2 N–H and O–H groups in total. The first-order chi connectivity index (χ1) is 12.6. The zero-order valence-corrected chi connectivity index (χ0v) is 16.2. The molecule has 2 aromatic carbocycles. The summed E-state index contributed by atoms with van der Waals surface area (Å²) in [5.74, 6) is 0.445. The first-order valence-electron chi connectivity index (χ1n) is 7.61.